The van der Waals surface area contributed by atoms with E-state index in [2.05, 4.69) is 29.1 Å². The maximum Gasteiger partial charge on any atom is 0.233 e. The highest BCUT2D eigenvalue weighted by Gasteiger charge is 2.26. The lowest BCUT2D eigenvalue weighted by molar-refractivity contribution is -0.121. The van der Waals surface area contributed by atoms with Crippen molar-refractivity contribution in [2.24, 2.45) is 5.92 Å². The largest absolute Gasteiger partial charge is 0.383 e. The summed E-state index contributed by atoms with van der Waals surface area (Å²) in [6.07, 6.45) is 4.74. The van der Waals surface area contributed by atoms with Crippen LogP contribution >= 0.6 is 23.1 Å². The molecule has 7 heteroatoms. The van der Waals surface area contributed by atoms with Crippen LogP contribution in [0.5, 0.6) is 0 Å². The third kappa shape index (κ3) is 3.92. The molecular weight excluding hydrogens is 352 g/mol. The standard InChI is InChI=1S/C18H26N4OS2/c1-9-7-5-6-8-13(9)20-16(23)12(4)25-18-21-15(19)14-10(2)11(3)24-17(14)22-18/h9,12-13H,5-8H2,1-4H3,(H,20,23)(H2,19,21,22). The third-order valence-corrected chi connectivity index (χ3v) is 7.19. The zero-order valence-electron chi connectivity index (χ0n) is 15.3. The molecular formula is C18H26N4OS2. The molecule has 25 heavy (non-hydrogen) atoms. The van der Waals surface area contributed by atoms with Crippen LogP contribution in [0.1, 0.15) is 50.0 Å². The maximum atomic E-state index is 12.6. The van der Waals surface area contributed by atoms with Crippen LogP contribution in [0.15, 0.2) is 5.16 Å². The van der Waals surface area contributed by atoms with Gasteiger partial charge in [0.05, 0.1) is 10.6 Å². The van der Waals surface area contributed by atoms with Crippen LogP contribution in [-0.4, -0.2) is 27.2 Å². The molecule has 3 rings (SSSR count). The number of aryl methyl sites for hydroxylation is 2. The van der Waals surface area contributed by atoms with E-state index >= 15 is 0 Å². The van der Waals surface area contributed by atoms with Crippen molar-refractivity contribution < 1.29 is 4.79 Å². The van der Waals surface area contributed by atoms with E-state index in [-0.39, 0.29) is 11.2 Å². The molecule has 3 atom stereocenters. The number of nitrogen functional groups attached to an aromatic ring is 1. The summed E-state index contributed by atoms with van der Waals surface area (Å²) >= 11 is 3.00. The summed E-state index contributed by atoms with van der Waals surface area (Å²) in [6, 6.07) is 0.292. The Morgan fingerprint density at radius 1 is 1.32 bits per heavy atom. The number of anilines is 1. The number of amides is 1. The molecule has 2 heterocycles. The Labute approximate surface area is 157 Å². The first kappa shape index (κ1) is 18.5. The number of aromatic nitrogens is 2. The number of rotatable bonds is 4. The van der Waals surface area contributed by atoms with E-state index in [4.69, 9.17) is 5.73 Å². The predicted octanol–water partition coefficient (Wildman–Crippen LogP) is 4.07. The lowest BCUT2D eigenvalue weighted by Crippen LogP contribution is -2.44. The Kier molecular flexibility index (Phi) is 5.53. The number of fused-ring (bicyclic) bond motifs is 1. The molecule has 0 aliphatic heterocycles. The van der Waals surface area contributed by atoms with Gasteiger partial charge in [-0.15, -0.1) is 11.3 Å². The topological polar surface area (TPSA) is 80.9 Å². The molecule has 0 aromatic carbocycles. The lowest BCUT2D eigenvalue weighted by Gasteiger charge is -2.30. The second-order valence-electron chi connectivity index (χ2n) is 6.99. The van der Waals surface area contributed by atoms with E-state index in [9.17, 15) is 4.79 Å². The number of nitrogens with one attached hydrogen (secondary N) is 1. The average molecular weight is 379 g/mol. The van der Waals surface area contributed by atoms with Gasteiger partial charge in [0.25, 0.3) is 0 Å². The second kappa shape index (κ2) is 7.50. The van der Waals surface area contributed by atoms with Crippen molar-refractivity contribution in [3.63, 3.8) is 0 Å². The molecule has 0 spiro atoms. The van der Waals surface area contributed by atoms with Gasteiger partial charge in [0.1, 0.15) is 10.6 Å². The van der Waals surface area contributed by atoms with Gasteiger partial charge >= 0.3 is 0 Å². The average Bonchev–Trinajstić information content (AvgIpc) is 2.84. The molecule has 1 aliphatic rings. The van der Waals surface area contributed by atoms with Crippen LogP contribution < -0.4 is 11.1 Å². The van der Waals surface area contributed by atoms with Crippen molar-refractivity contribution in [2.75, 3.05) is 5.73 Å². The second-order valence-corrected chi connectivity index (χ2v) is 9.50. The highest BCUT2D eigenvalue weighted by atomic mass is 32.2. The fourth-order valence-corrected chi connectivity index (χ4v) is 5.24. The van der Waals surface area contributed by atoms with Crippen molar-refractivity contribution in [2.45, 2.75) is 69.8 Å². The van der Waals surface area contributed by atoms with E-state index in [1.807, 2.05) is 13.8 Å². The van der Waals surface area contributed by atoms with Gasteiger partial charge in [-0.2, -0.15) is 0 Å². The van der Waals surface area contributed by atoms with E-state index in [0.717, 1.165) is 22.2 Å². The van der Waals surface area contributed by atoms with Crippen molar-refractivity contribution in [3.8, 4) is 0 Å². The lowest BCUT2D eigenvalue weighted by atomic mass is 9.86. The van der Waals surface area contributed by atoms with Crippen LogP contribution in [0.4, 0.5) is 5.82 Å². The quantitative estimate of drug-likeness (QED) is 0.619. The molecule has 1 saturated carbocycles. The molecule has 136 valence electrons. The van der Waals surface area contributed by atoms with Crippen molar-refractivity contribution >= 4 is 45.0 Å². The third-order valence-electron chi connectivity index (χ3n) is 5.13. The molecule has 1 aliphatic carbocycles. The van der Waals surface area contributed by atoms with Crippen LogP contribution in [0, 0.1) is 19.8 Å². The van der Waals surface area contributed by atoms with Crippen molar-refractivity contribution in [1.29, 1.82) is 0 Å². The summed E-state index contributed by atoms with van der Waals surface area (Å²) in [5, 5.41) is 4.49. The minimum Gasteiger partial charge on any atom is -0.383 e. The van der Waals surface area contributed by atoms with Gasteiger partial charge in [0, 0.05) is 10.9 Å². The first-order chi connectivity index (χ1) is 11.9. The Morgan fingerprint density at radius 2 is 2.04 bits per heavy atom. The molecule has 3 N–H and O–H groups in total. The van der Waals surface area contributed by atoms with Gasteiger partial charge < -0.3 is 11.1 Å². The predicted molar refractivity (Wildman–Crippen MR) is 106 cm³/mol. The minimum absolute atomic E-state index is 0.0598. The van der Waals surface area contributed by atoms with Crippen molar-refractivity contribution in [3.05, 3.63) is 10.4 Å². The van der Waals surface area contributed by atoms with Gasteiger partial charge in [-0.3, -0.25) is 4.79 Å². The molecule has 5 nitrogen and oxygen atoms in total. The van der Waals surface area contributed by atoms with Gasteiger partial charge in [-0.05, 0) is 45.1 Å². The summed E-state index contributed by atoms with van der Waals surface area (Å²) in [5.74, 6) is 1.11. The Balaban J connectivity index is 1.70. The molecule has 1 amide bonds. The Hall–Kier alpha value is -1.34. The summed E-state index contributed by atoms with van der Waals surface area (Å²) < 4.78 is 0. The smallest absolute Gasteiger partial charge is 0.233 e. The van der Waals surface area contributed by atoms with Crippen molar-refractivity contribution in [1.82, 2.24) is 15.3 Å². The zero-order chi connectivity index (χ0) is 18.1. The van der Waals surface area contributed by atoms with Crippen LogP contribution in [0.3, 0.4) is 0 Å². The van der Waals surface area contributed by atoms with Crippen LogP contribution in [0.25, 0.3) is 10.2 Å². The van der Waals surface area contributed by atoms with Gasteiger partial charge in [-0.25, -0.2) is 9.97 Å². The van der Waals surface area contributed by atoms with Crippen LogP contribution in [-0.2, 0) is 4.79 Å². The highest BCUT2D eigenvalue weighted by Crippen LogP contribution is 2.34. The zero-order valence-corrected chi connectivity index (χ0v) is 16.9. The van der Waals surface area contributed by atoms with E-state index in [1.165, 1.54) is 35.9 Å². The number of nitrogens with zero attached hydrogens (tertiary/aromatic N) is 2. The molecule has 1 fully saturated rings. The fraction of sp³-hybridized carbons (Fsp3) is 0.611. The fourth-order valence-electron chi connectivity index (χ4n) is 3.36. The Bertz CT molecular complexity index is 789. The molecule has 0 bridgehead atoms. The first-order valence-electron chi connectivity index (χ1n) is 8.87. The van der Waals surface area contributed by atoms with Gasteiger partial charge in [-0.1, -0.05) is 31.5 Å². The maximum absolute atomic E-state index is 12.6. The van der Waals surface area contributed by atoms with E-state index in [1.54, 1.807) is 11.3 Å². The monoisotopic (exact) mass is 378 g/mol. The molecule has 2 aromatic heterocycles. The summed E-state index contributed by atoms with van der Waals surface area (Å²) in [7, 11) is 0. The molecule has 3 unspecified atom stereocenters. The first-order valence-corrected chi connectivity index (χ1v) is 10.6. The molecule has 0 radical (unpaired) electrons. The van der Waals surface area contributed by atoms with E-state index in [0.29, 0.717) is 22.9 Å². The normalized spacial score (nSPS) is 22.1. The SMILES string of the molecule is Cc1sc2nc(SC(C)C(=O)NC3CCCCC3C)nc(N)c2c1C. The number of carbonyl (C=O) groups excluding carboxylic acids is 1. The number of nitrogens with two attached hydrogens (primary N) is 1. The van der Waals surface area contributed by atoms with Gasteiger partial charge in [0.15, 0.2) is 5.16 Å². The van der Waals surface area contributed by atoms with Crippen LogP contribution in [0.2, 0.25) is 0 Å². The number of carbonyl (C=O) groups is 1. The Morgan fingerprint density at radius 3 is 2.76 bits per heavy atom. The number of hydrogen-bond donors (Lipinski definition) is 2. The summed E-state index contributed by atoms with van der Waals surface area (Å²) in [4.78, 5) is 23.7. The highest BCUT2D eigenvalue weighted by molar-refractivity contribution is 8.00. The number of thioether (sulfide) groups is 1. The van der Waals surface area contributed by atoms with Gasteiger partial charge in [0.2, 0.25) is 5.91 Å². The molecule has 0 saturated heterocycles. The number of hydrogen-bond acceptors (Lipinski definition) is 6. The number of thiophene rings is 1. The molecule has 2 aromatic rings. The summed E-state index contributed by atoms with van der Waals surface area (Å²) in [5.41, 5.74) is 7.28. The van der Waals surface area contributed by atoms with E-state index < -0.39 is 0 Å². The summed E-state index contributed by atoms with van der Waals surface area (Å²) in [6.45, 7) is 8.24. The minimum atomic E-state index is -0.242.